The Morgan fingerprint density at radius 1 is 1.30 bits per heavy atom. The second kappa shape index (κ2) is 5.63. The molecule has 1 aromatic carbocycles. The van der Waals surface area contributed by atoms with Crippen molar-refractivity contribution >= 4 is 21.2 Å². The minimum atomic E-state index is -2.82. The van der Waals surface area contributed by atoms with E-state index in [-0.39, 0.29) is 11.8 Å². The van der Waals surface area contributed by atoms with Crippen molar-refractivity contribution in [3.05, 3.63) is 40.7 Å². The van der Waals surface area contributed by atoms with Crippen LogP contribution in [0.3, 0.4) is 0 Å². The van der Waals surface area contributed by atoms with E-state index in [1.807, 2.05) is 35.7 Å². The fourth-order valence-electron chi connectivity index (χ4n) is 2.32. The Labute approximate surface area is 122 Å². The van der Waals surface area contributed by atoms with Gasteiger partial charge in [0, 0.05) is 23.5 Å². The Bertz CT molecular complexity index is 680. The summed E-state index contributed by atoms with van der Waals surface area (Å²) in [5, 5.41) is 6.32. The van der Waals surface area contributed by atoms with Crippen molar-refractivity contribution in [3.63, 3.8) is 0 Å². The Balaban J connectivity index is 1.61. The lowest BCUT2D eigenvalue weighted by molar-refractivity contribution is 0.553. The molecular weight excluding hydrogens is 292 g/mol. The second-order valence-electron chi connectivity index (χ2n) is 4.97. The number of hydrogen-bond acceptors (Lipinski definition) is 5. The number of aromatic nitrogens is 1. The summed E-state index contributed by atoms with van der Waals surface area (Å²) in [5.41, 5.74) is 2.09. The van der Waals surface area contributed by atoms with E-state index in [2.05, 4.69) is 10.3 Å². The Morgan fingerprint density at radius 2 is 2.10 bits per heavy atom. The fourth-order valence-corrected chi connectivity index (χ4v) is 4.78. The molecule has 2 heterocycles. The number of thiazole rings is 1. The van der Waals surface area contributed by atoms with Crippen LogP contribution in [-0.4, -0.2) is 30.9 Å². The highest BCUT2D eigenvalue weighted by molar-refractivity contribution is 7.91. The molecule has 3 rings (SSSR count). The summed E-state index contributed by atoms with van der Waals surface area (Å²) in [6.45, 7) is 0.637. The van der Waals surface area contributed by atoms with Gasteiger partial charge < -0.3 is 5.32 Å². The molecule has 1 aliphatic heterocycles. The van der Waals surface area contributed by atoms with Crippen molar-refractivity contribution in [2.45, 2.75) is 19.0 Å². The Morgan fingerprint density at radius 3 is 2.80 bits per heavy atom. The molecule has 1 aromatic heterocycles. The van der Waals surface area contributed by atoms with Crippen molar-refractivity contribution in [2.75, 3.05) is 11.5 Å². The summed E-state index contributed by atoms with van der Waals surface area (Å²) >= 11 is 1.60. The third kappa shape index (κ3) is 3.26. The molecule has 4 nitrogen and oxygen atoms in total. The summed E-state index contributed by atoms with van der Waals surface area (Å²) in [5.74, 6) is 0.557. The molecule has 1 N–H and O–H groups in total. The first-order chi connectivity index (χ1) is 9.62. The van der Waals surface area contributed by atoms with Crippen LogP contribution in [0.1, 0.15) is 11.4 Å². The normalized spacial score (nSPS) is 21.1. The zero-order valence-corrected chi connectivity index (χ0v) is 12.6. The van der Waals surface area contributed by atoms with Gasteiger partial charge in [-0.2, -0.15) is 0 Å². The van der Waals surface area contributed by atoms with Crippen LogP contribution in [0.5, 0.6) is 0 Å². The Hall–Kier alpha value is -1.24. The minimum Gasteiger partial charge on any atom is -0.307 e. The van der Waals surface area contributed by atoms with Crippen LogP contribution in [0.25, 0.3) is 11.3 Å². The van der Waals surface area contributed by atoms with Crippen molar-refractivity contribution < 1.29 is 8.42 Å². The standard InChI is InChI=1S/C14H16N2O2S2/c17-20(18)7-6-12(10-20)15-8-14-16-13(9-19-14)11-4-2-1-3-5-11/h1-5,9,12,15H,6-8,10H2. The van der Waals surface area contributed by atoms with Crippen LogP contribution < -0.4 is 5.32 Å². The zero-order chi connectivity index (χ0) is 14.0. The van der Waals surface area contributed by atoms with E-state index >= 15 is 0 Å². The van der Waals surface area contributed by atoms with E-state index in [9.17, 15) is 8.42 Å². The molecular formula is C14H16N2O2S2. The molecule has 0 radical (unpaired) electrons. The van der Waals surface area contributed by atoms with E-state index in [4.69, 9.17) is 0 Å². The molecule has 106 valence electrons. The molecule has 0 saturated carbocycles. The van der Waals surface area contributed by atoms with Crippen molar-refractivity contribution in [1.29, 1.82) is 0 Å². The minimum absolute atomic E-state index is 0.0732. The summed E-state index contributed by atoms with van der Waals surface area (Å²) in [6.07, 6.45) is 0.708. The number of benzene rings is 1. The van der Waals surface area contributed by atoms with Crippen LogP contribution in [0.2, 0.25) is 0 Å². The third-order valence-electron chi connectivity index (χ3n) is 3.40. The molecule has 20 heavy (non-hydrogen) atoms. The first-order valence-electron chi connectivity index (χ1n) is 6.56. The molecule has 1 saturated heterocycles. The maximum absolute atomic E-state index is 11.4. The molecule has 1 aliphatic rings. The SMILES string of the molecule is O=S1(=O)CCC(NCc2nc(-c3ccccc3)cs2)C1. The first-order valence-corrected chi connectivity index (χ1v) is 9.26. The van der Waals surface area contributed by atoms with Crippen LogP contribution in [0.15, 0.2) is 35.7 Å². The van der Waals surface area contributed by atoms with Gasteiger partial charge in [-0.1, -0.05) is 30.3 Å². The Kier molecular flexibility index (Phi) is 3.87. The molecule has 2 aromatic rings. The topological polar surface area (TPSA) is 59.1 Å². The second-order valence-corrected chi connectivity index (χ2v) is 8.14. The van der Waals surface area contributed by atoms with E-state index in [1.165, 1.54) is 0 Å². The summed E-state index contributed by atoms with van der Waals surface area (Å²) < 4.78 is 22.8. The predicted octanol–water partition coefficient (Wildman–Crippen LogP) is 2.09. The highest BCUT2D eigenvalue weighted by atomic mass is 32.2. The van der Waals surface area contributed by atoms with E-state index in [1.54, 1.807) is 11.3 Å². The average molecular weight is 308 g/mol. The monoisotopic (exact) mass is 308 g/mol. The quantitative estimate of drug-likeness (QED) is 0.939. The van der Waals surface area contributed by atoms with Gasteiger partial charge in [0.25, 0.3) is 0 Å². The van der Waals surface area contributed by atoms with Crippen molar-refractivity contribution in [1.82, 2.24) is 10.3 Å². The highest BCUT2D eigenvalue weighted by Crippen LogP contribution is 2.21. The van der Waals surface area contributed by atoms with Gasteiger partial charge in [-0.15, -0.1) is 11.3 Å². The number of hydrogen-bond donors (Lipinski definition) is 1. The maximum Gasteiger partial charge on any atom is 0.151 e. The van der Waals surface area contributed by atoms with E-state index in [0.717, 1.165) is 16.3 Å². The van der Waals surface area contributed by atoms with Gasteiger partial charge in [0.05, 0.1) is 17.2 Å². The highest BCUT2D eigenvalue weighted by Gasteiger charge is 2.27. The molecule has 0 bridgehead atoms. The van der Waals surface area contributed by atoms with Gasteiger partial charge in [0.1, 0.15) is 5.01 Å². The summed E-state index contributed by atoms with van der Waals surface area (Å²) in [6, 6.07) is 10.1. The molecule has 0 spiro atoms. The van der Waals surface area contributed by atoms with Crippen molar-refractivity contribution in [3.8, 4) is 11.3 Å². The van der Waals surface area contributed by atoms with Gasteiger partial charge in [-0.05, 0) is 6.42 Å². The number of nitrogens with zero attached hydrogens (tertiary/aromatic N) is 1. The largest absolute Gasteiger partial charge is 0.307 e. The summed E-state index contributed by atoms with van der Waals surface area (Å²) in [7, 11) is -2.82. The molecule has 0 amide bonds. The van der Waals surface area contributed by atoms with E-state index < -0.39 is 9.84 Å². The number of rotatable bonds is 4. The lowest BCUT2D eigenvalue weighted by atomic mass is 10.2. The van der Waals surface area contributed by atoms with Gasteiger partial charge in [0.2, 0.25) is 0 Å². The number of sulfone groups is 1. The predicted molar refractivity (Wildman–Crippen MR) is 81.4 cm³/mol. The first kappa shape index (κ1) is 13.7. The number of nitrogens with one attached hydrogen (secondary N) is 1. The van der Waals surface area contributed by atoms with Gasteiger partial charge >= 0.3 is 0 Å². The molecule has 0 aliphatic carbocycles. The van der Waals surface area contributed by atoms with Crippen LogP contribution >= 0.6 is 11.3 Å². The fraction of sp³-hybridized carbons (Fsp3) is 0.357. The molecule has 1 unspecified atom stereocenters. The van der Waals surface area contributed by atoms with E-state index in [0.29, 0.717) is 18.7 Å². The summed E-state index contributed by atoms with van der Waals surface area (Å²) in [4.78, 5) is 4.58. The lowest BCUT2D eigenvalue weighted by Gasteiger charge is -2.08. The van der Waals surface area contributed by atoms with Gasteiger partial charge in [0.15, 0.2) is 9.84 Å². The van der Waals surface area contributed by atoms with Gasteiger partial charge in [-0.25, -0.2) is 13.4 Å². The molecule has 1 fully saturated rings. The molecule has 1 atom stereocenters. The maximum atomic E-state index is 11.4. The van der Waals surface area contributed by atoms with Crippen LogP contribution in [-0.2, 0) is 16.4 Å². The lowest BCUT2D eigenvalue weighted by Crippen LogP contribution is -2.29. The molecule has 6 heteroatoms. The van der Waals surface area contributed by atoms with Gasteiger partial charge in [-0.3, -0.25) is 0 Å². The van der Waals surface area contributed by atoms with Crippen molar-refractivity contribution in [2.24, 2.45) is 0 Å². The zero-order valence-electron chi connectivity index (χ0n) is 11.0. The third-order valence-corrected chi connectivity index (χ3v) is 6.01. The van der Waals surface area contributed by atoms with Crippen LogP contribution in [0, 0.1) is 0 Å². The average Bonchev–Trinajstić information content (AvgIpc) is 3.04. The van der Waals surface area contributed by atoms with Crippen LogP contribution in [0.4, 0.5) is 0 Å². The smallest absolute Gasteiger partial charge is 0.151 e.